The number of rotatable bonds is 4. The second-order valence-corrected chi connectivity index (χ2v) is 6.08. The molecule has 21 heavy (non-hydrogen) atoms. The summed E-state index contributed by atoms with van der Waals surface area (Å²) in [6, 6.07) is 5.23. The van der Waals surface area contributed by atoms with Gasteiger partial charge in [0.2, 0.25) is 0 Å². The first-order chi connectivity index (χ1) is 9.69. The Morgan fingerprint density at radius 1 is 1.19 bits per heavy atom. The van der Waals surface area contributed by atoms with Gasteiger partial charge in [-0.25, -0.2) is 4.79 Å². The molecule has 2 amide bonds. The van der Waals surface area contributed by atoms with Gasteiger partial charge in [0.15, 0.2) is 0 Å². The zero-order valence-electron chi connectivity index (χ0n) is 12.7. The Hall–Kier alpha value is -1.75. The number of nitrogens with one attached hydrogen (secondary N) is 2. The molecule has 0 aliphatic rings. The summed E-state index contributed by atoms with van der Waals surface area (Å²) in [6.45, 7) is 7.83. The summed E-state index contributed by atoms with van der Waals surface area (Å²) in [5, 5.41) is 5.65. The van der Waals surface area contributed by atoms with Crippen LogP contribution in [-0.4, -0.2) is 30.7 Å². The summed E-state index contributed by atoms with van der Waals surface area (Å²) in [5.74, 6) is -0.272. The highest BCUT2D eigenvalue weighted by atomic mass is 35.5. The van der Waals surface area contributed by atoms with Crippen LogP contribution < -0.4 is 10.6 Å². The molecule has 0 bridgehead atoms. The lowest BCUT2D eigenvalue weighted by molar-refractivity contribution is 0.0526. The van der Waals surface area contributed by atoms with Gasteiger partial charge >= 0.3 is 6.09 Å². The predicted molar refractivity (Wildman–Crippen MR) is 82.8 cm³/mol. The molecule has 0 aromatic heterocycles. The fourth-order valence-corrected chi connectivity index (χ4v) is 1.88. The summed E-state index contributed by atoms with van der Waals surface area (Å²) in [7, 11) is 0. The highest BCUT2D eigenvalue weighted by Gasteiger charge is 2.15. The molecule has 0 saturated heterocycles. The van der Waals surface area contributed by atoms with Gasteiger partial charge in [-0.2, -0.15) is 0 Å². The highest BCUT2D eigenvalue weighted by molar-refractivity contribution is 6.33. The van der Waals surface area contributed by atoms with Crippen LogP contribution >= 0.6 is 11.6 Å². The van der Waals surface area contributed by atoms with E-state index in [1.807, 2.05) is 13.0 Å². The van der Waals surface area contributed by atoms with E-state index in [4.69, 9.17) is 16.3 Å². The van der Waals surface area contributed by atoms with Crippen molar-refractivity contribution in [3.63, 3.8) is 0 Å². The SMILES string of the molecule is Cc1ccc(C(=O)NCCNC(=O)OC(C)(C)C)c(Cl)c1. The lowest BCUT2D eigenvalue weighted by atomic mass is 10.1. The van der Waals surface area contributed by atoms with Crippen LogP contribution in [0.2, 0.25) is 5.02 Å². The van der Waals surface area contributed by atoms with E-state index in [1.165, 1.54) is 0 Å². The van der Waals surface area contributed by atoms with Crippen molar-refractivity contribution in [3.8, 4) is 0 Å². The monoisotopic (exact) mass is 312 g/mol. The van der Waals surface area contributed by atoms with E-state index in [0.717, 1.165) is 5.56 Å². The van der Waals surface area contributed by atoms with Gasteiger partial charge in [-0.15, -0.1) is 0 Å². The molecular weight excluding hydrogens is 292 g/mol. The molecule has 0 heterocycles. The molecule has 0 aliphatic carbocycles. The number of alkyl carbamates (subject to hydrolysis) is 1. The summed E-state index contributed by atoms with van der Waals surface area (Å²) < 4.78 is 5.08. The molecule has 1 aromatic carbocycles. The van der Waals surface area contributed by atoms with Crippen LogP contribution in [0.4, 0.5) is 4.79 Å². The molecule has 0 unspecified atom stereocenters. The second kappa shape index (κ2) is 7.31. The third kappa shape index (κ3) is 6.49. The molecule has 0 radical (unpaired) electrons. The maximum absolute atomic E-state index is 11.9. The molecular formula is C15H21ClN2O3. The van der Waals surface area contributed by atoms with Crippen molar-refractivity contribution in [2.45, 2.75) is 33.3 Å². The first kappa shape index (κ1) is 17.3. The molecule has 5 nitrogen and oxygen atoms in total. The minimum absolute atomic E-state index is 0.272. The van der Waals surface area contributed by atoms with Gasteiger partial charge in [-0.3, -0.25) is 4.79 Å². The molecule has 1 rings (SSSR count). The smallest absolute Gasteiger partial charge is 0.407 e. The fraction of sp³-hybridized carbons (Fsp3) is 0.467. The van der Waals surface area contributed by atoms with Crippen LogP contribution in [0.5, 0.6) is 0 Å². The normalized spacial score (nSPS) is 10.9. The first-order valence-corrected chi connectivity index (χ1v) is 7.08. The van der Waals surface area contributed by atoms with E-state index in [1.54, 1.807) is 32.9 Å². The second-order valence-electron chi connectivity index (χ2n) is 5.67. The third-order valence-electron chi connectivity index (χ3n) is 2.45. The minimum atomic E-state index is -0.539. The van der Waals surface area contributed by atoms with E-state index in [9.17, 15) is 9.59 Å². The quantitative estimate of drug-likeness (QED) is 0.840. The number of aryl methyl sites for hydroxylation is 1. The van der Waals surface area contributed by atoms with Crippen molar-refractivity contribution < 1.29 is 14.3 Å². The van der Waals surface area contributed by atoms with Crippen molar-refractivity contribution in [1.82, 2.24) is 10.6 Å². The van der Waals surface area contributed by atoms with E-state index in [2.05, 4.69) is 10.6 Å². The highest BCUT2D eigenvalue weighted by Crippen LogP contribution is 2.17. The first-order valence-electron chi connectivity index (χ1n) is 6.70. The molecule has 116 valence electrons. The molecule has 0 fully saturated rings. The van der Waals surface area contributed by atoms with Crippen molar-refractivity contribution >= 4 is 23.6 Å². The van der Waals surface area contributed by atoms with Crippen LogP contribution in [0, 0.1) is 6.92 Å². The zero-order chi connectivity index (χ0) is 16.0. The maximum Gasteiger partial charge on any atom is 0.407 e. The number of carbonyl (C=O) groups excluding carboxylic acids is 2. The van der Waals surface area contributed by atoms with Gasteiger partial charge in [0, 0.05) is 13.1 Å². The molecule has 0 aliphatic heterocycles. The molecule has 6 heteroatoms. The van der Waals surface area contributed by atoms with Gasteiger partial charge in [0.05, 0.1) is 10.6 Å². The topological polar surface area (TPSA) is 67.4 Å². The third-order valence-corrected chi connectivity index (χ3v) is 2.76. The van der Waals surface area contributed by atoms with Gasteiger partial charge in [0.25, 0.3) is 5.91 Å². The molecule has 0 spiro atoms. The van der Waals surface area contributed by atoms with Gasteiger partial charge in [-0.05, 0) is 45.4 Å². The number of carbonyl (C=O) groups is 2. The van der Waals surface area contributed by atoms with E-state index in [-0.39, 0.29) is 12.5 Å². The number of benzene rings is 1. The zero-order valence-corrected chi connectivity index (χ0v) is 13.5. The Morgan fingerprint density at radius 2 is 1.81 bits per heavy atom. The number of amides is 2. The number of halogens is 1. The van der Waals surface area contributed by atoms with Gasteiger partial charge in [0.1, 0.15) is 5.60 Å². The Balaban J connectivity index is 2.36. The van der Waals surface area contributed by atoms with Crippen LogP contribution in [-0.2, 0) is 4.74 Å². The predicted octanol–water partition coefficient (Wildman–Crippen LogP) is 2.90. The van der Waals surface area contributed by atoms with Crippen LogP contribution in [0.15, 0.2) is 18.2 Å². The number of hydrogen-bond acceptors (Lipinski definition) is 3. The summed E-state index contributed by atoms with van der Waals surface area (Å²) >= 11 is 6.01. The number of ether oxygens (including phenoxy) is 1. The molecule has 0 atom stereocenters. The van der Waals surface area contributed by atoms with E-state index in [0.29, 0.717) is 17.1 Å². The van der Waals surface area contributed by atoms with Gasteiger partial charge < -0.3 is 15.4 Å². The van der Waals surface area contributed by atoms with Gasteiger partial charge in [-0.1, -0.05) is 17.7 Å². The van der Waals surface area contributed by atoms with E-state index < -0.39 is 11.7 Å². The van der Waals surface area contributed by atoms with Crippen LogP contribution in [0.1, 0.15) is 36.7 Å². The Bertz CT molecular complexity index is 524. The summed E-state index contributed by atoms with van der Waals surface area (Å²) in [4.78, 5) is 23.3. The standard InChI is InChI=1S/C15H21ClN2O3/c1-10-5-6-11(12(16)9-10)13(19)17-7-8-18-14(20)21-15(2,3)4/h5-6,9H,7-8H2,1-4H3,(H,17,19)(H,18,20). The molecule has 0 saturated carbocycles. The van der Waals surface area contributed by atoms with Crippen LogP contribution in [0.25, 0.3) is 0 Å². The van der Waals surface area contributed by atoms with Crippen molar-refractivity contribution in [3.05, 3.63) is 34.3 Å². The summed E-state index contributed by atoms with van der Waals surface area (Å²) in [5.41, 5.74) is 0.866. The fourth-order valence-electron chi connectivity index (χ4n) is 1.55. The lowest BCUT2D eigenvalue weighted by Crippen LogP contribution is -2.37. The van der Waals surface area contributed by atoms with Crippen molar-refractivity contribution in [2.75, 3.05) is 13.1 Å². The number of hydrogen-bond donors (Lipinski definition) is 2. The minimum Gasteiger partial charge on any atom is -0.444 e. The molecule has 2 N–H and O–H groups in total. The Kier molecular flexibility index (Phi) is 6.03. The average molecular weight is 313 g/mol. The van der Waals surface area contributed by atoms with Crippen LogP contribution in [0.3, 0.4) is 0 Å². The van der Waals surface area contributed by atoms with Crippen molar-refractivity contribution in [1.29, 1.82) is 0 Å². The lowest BCUT2D eigenvalue weighted by Gasteiger charge is -2.19. The van der Waals surface area contributed by atoms with Crippen molar-refractivity contribution in [2.24, 2.45) is 0 Å². The average Bonchev–Trinajstić information content (AvgIpc) is 2.32. The Morgan fingerprint density at radius 3 is 2.38 bits per heavy atom. The largest absolute Gasteiger partial charge is 0.444 e. The maximum atomic E-state index is 11.9. The Labute approximate surface area is 130 Å². The van der Waals surface area contributed by atoms with E-state index >= 15 is 0 Å². The summed E-state index contributed by atoms with van der Waals surface area (Å²) in [6.07, 6.45) is -0.509. The molecule has 1 aromatic rings.